The third-order valence-electron chi connectivity index (χ3n) is 5.65. The van der Waals surface area contributed by atoms with Crippen LogP contribution in [-0.4, -0.2) is 37.8 Å². The van der Waals surface area contributed by atoms with Crippen molar-refractivity contribution in [3.05, 3.63) is 64.7 Å². The van der Waals surface area contributed by atoms with Crippen molar-refractivity contribution in [2.75, 3.05) is 13.1 Å². The molecule has 1 aliphatic heterocycles. The molecule has 7 heteroatoms. The van der Waals surface area contributed by atoms with Gasteiger partial charge in [-0.3, -0.25) is 4.79 Å². The lowest BCUT2D eigenvalue weighted by Crippen LogP contribution is -2.38. The van der Waals surface area contributed by atoms with Gasteiger partial charge in [0.25, 0.3) is 5.91 Å². The van der Waals surface area contributed by atoms with Crippen molar-refractivity contribution < 1.29 is 13.2 Å². The van der Waals surface area contributed by atoms with Crippen LogP contribution < -0.4 is 5.32 Å². The number of sulfonamides is 1. The van der Waals surface area contributed by atoms with Crippen molar-refractivity contribution in [1.82, 2.24) is 9.62 Å². The number of carbonyl (C=O) groups excluding carboxylic acids is 1. The van der Waals surface area contributed by atoms with Crippen LogP contribution in [0.15, 0.2) is 53.4 Å². The Morgan fingerprint density at radius 1 is 1.17 bits per heavy atom. The van der Waals surface area contributed by atoms with Gasteiger partial charge < -0.3 is 5.32 Å². The number of hydrogen-bond acceptors (Lipinski definition) is 3. The van der Waals surface area contributed by atoms with Crippen molar-refractivity contribution in [1.29, 1.82) is 0 Å². The summed E-state index contributed by atoms with van der Waals surface area (Å²) in [6.07, 6.45) is 3.31. The predicted molar refractivity (Wildman–Crippen MR) is 120 cm³/mol. The first-order valence-electron chi connectivity index (χ1n) is 10.4. The number of hydrogen-bond donors (Lipinski definition) is 1. The summed E-state index contributed by atoms with van der Waals surface area (Å²) in [4.78, 5) is 12.9. The highest BCUT2D eigenvalue weighted by molar-refractivity contribution is 7.89. The number of aryl methyl sites for hydroxylation is 1. The van der Waals surface area contributed by atoms with Gasteiger partial charge in [0.05, 0.1) is 15.5 Å². The lowest BCUT2D eigenvalue weighted by Gasteiger charge is -2.29. The Kier molecular flexibility index (Phi) is 7.55. The molecular weight excluding hydrogens is 420 g/mol. The maximum absolute atomic E-state index is 13.0. The van der Waals surface area contributed by atoms with Crippen LogP contribution in [0.3, 0.4) is 0 Å². The second kappa shape index (κ2) is 9.94. The molecule has 1 aliphatic rings. The Labute approximate surface area is 184 Å². The SMILES string of the molecule is CC1CCN(S(=O)(=O)c2ccc(Cl)c(C(=O)N[C@H](C)CCc3ccccc3)c2)CC1. The minimum absolute atomic E-state index is 0.0716. The van der Waals surface area contributed by atoms with E-state index >= 15 is 0 Å². The monoisotopic (exact) mass is 448 g/mol. The number of carbonyl (C=O) groups is 1. The molecule has 1 fully saturated rings. The maximum Gasteiger partial charge on any atom is 0.253 e. The van der Waals surface area contributed by atoms with Gasteiger partial charge in [-0.2, -0.15) is 4.31 Å². The molecule has 1 saturated heterocycles. The normalized spacial score (nSPS) is 16.9. The Bertz CT molecular complexity index is 971. The molecule has 0 radical (unpaired) electrons. The van der Waals surface area contributed by atoms with Gasteiger partial charge in [-0.1, -0.05) is 48.9 Å². The van der Waals surface area contributed by atoms with Gasteiger partial charge in [-0.15, -0.1) is 0 Å². The molecule has 1 amide bonds. The van der Waals surface area contributed by atoms with Crippen LogP contribution in [-0.2, 0) is 16.4 Å². The maximum atomic E-state index is 13.0. The van der Waals surface area contributed by atoms with Crippen molar-refractivity contribution >= 4 is 27.5 Å². The summed E-state index contributed by atoms with van der Waals surface area (Å²) in [6, 6.07) is 14.4. The first-order chi connectivity index (χ1) is 14.3. The Hall–Kier alpha value is -1.89. The average Bonchev–Trinajstić information content (AvgIpc) is 2.73. The van der Waals surface area contributed by atoms with Crippen LogP contribution in [0.1, 0.15) is 49.0 Å². The first kappa shape index (κ1) is 22.8. The number of benzene rings is 2. The Morgan fingerprint density at radius 2 is 1.83 bits per heavy atom. The molecule has 0 aromatic heterocycles. The van der Waals surface area contributed by atoms with Crippen LogP contribution in [0.2, 0.25) is 5.02 Å². The summed E-state index contributed by atoms with van der Waals surface area (Å²) in [5.74, 6) is 0.172. The molecule has 2 aromatic carbocycles. The van der Waals surface area contributed by atoms with Crippen LogP contribution in [0, 0.1) is 5.92 Å². The lowest BCUT2D eigenvalue weighted by atomic mass is 10.0. The predicted octanol–water partition coefficient (Wildman–Crippen LogP) is 4.51. The third kappa shape index (κ3) is 5.62. The topological polar surface area (TPSA) is 66.5 Å². The molecule has 1 N–H and O–H groups in total. The molecule has 0 spiro atoms. The molecule has 3 rings (SSSR count). The molecule has 0 saturated carbocycles. The van der Waals surface area contributed by atoms with Crippen LogP contribution in [0.4, 0.5) is 0 Å². The fraction of sp³-hybridized carbons (Fsp3) is 0.435. The van der Waals surface area contributed by atoms with Crippen molar-refractivity contribution in [2.45, 2.75) is 50.5 Å². The summed E-state index contributed by atoms with van der Waals surface area (Å²) < 4.78 is 27.5. The minimum Gasteiger partial charge on any atom is -0.350 e. The van der Waals surface area contributed by atoms with E-state index in [1.165, 1.54) is 28.1 Å². The quantitative estimate of drug-likeness (QED) is 0.677. The summed E-state index contributed by atoms with van der Waals surface area (Å²) in [6.45, 7) is 5.08. The van der Waals surface area contributed by atoms with E-state index in [1.54, 1.807) is 0 Å². The molecule has 2 aromatic rings. The number of nitrogens with one attached hydrogen (secondary N) is 1. The van der Waals surface area contributed by atoms with E-state index in [0.29, 0.717) is 19.0 Å². The van der Waals surface area contributed by atoms with E-state index in [9.17, 15) is 13.2 Å². The average molecular weight is 449 g/mol. The van der Waals surface area contributed by atoms with E-state index in [2.05, 4.69) is 24.4 Å². The molecule has 0 bridgehead atoms. The third-order valence-corrected chi connectivity index (χ3v) is 7.87. The zero-order valence-electron chi connectivity index (χ0n) is 17.5. The van der Waals surface area contributed by atoms with Gasteiger partial charge in [-0.05, 0) is 62.3 Å². The molecule has 162 valence electrons. The van der Waals surface area contributed by atoms with E-state index < -0.39 is 10.0 Å². The van der Waals surface area contributed by atoms with Crippen LogP contribution in [0.5, 0.6) is 0 Å². The van der Waals surface area contributed by atoms with Crippen LogP contribution >= 0.6 is 11.6 Å². The summed E-state index contributed by atoms with van der Waals surface area (Å²) >= 11 is 6.23. The minimum atomic E-state index is -3.64. The second-order valence-electron chi connectivity index (χ2n) is 8.13. The zero-order chi connectivity index (χ0) is 21.7. The Morgan fingerprint density at radius 3 is 2.50 bits per heavy atom. The van der Waals surface area contributed by atoms with E-state index in [-0.39, 0.29) is 27.4 Å². The van der Waals surface area contributed by atoms with Gasteiger partial charge in [0.2, 0.25) is 10.0 Å². The largest absolute Gasteiger partial charge is 0.350 e. The van der Waals surface area contributed by atoms with E-state index in [0.717, 1.165) is 25.7 Å². The fourth-order valence-electron chi connectivity index (χ4n) is 3.61. The number of rotatable bonds is 7. The van der Waals surface area contributed by atoms with E-state index in [1.807, 2.05) is 25.1 Å². The smallest absolute Gasteiger partial charge is 0.253 e. The van der Waals surface area contributed by atoms with Gasteiger partial charge >= 0.3 is 0 Å². The molecular formula is C23H29ClN2O3S. The van der Waals surface area contributed by atoms with Crippen molar-refractivity contribution in [3.8, 4) is 0 Å². The highest BCUT2D eigenvalue weighted by Gasteiger charge is 2.29. The number of nitrogens with zero attached hydrogens (tertiary/aromatic N) is 1. The number of piperidine rings is 1. The molecule has 1 atom stereocenters. The number of amides is 1. The van der Waals surface area contributed by atoms with Gasteiger partial charge in [-0.25, -0.2) is 8.42 Å². The summed E-state index contributed by atoms with van der Waals surface area (Å²) in [7, 11) is -3.64. The molecule has 5 nitrogen and oxygen atoms in total. The molecule has 1 heterocycles. The van der Waals surface area contributed by atoms with Gasteiger partial charge in [0, 0.05) is 19.1 Å². The number of halogens is 1. The molecule has 0 unspecified atom stereocenters. The Balaban J connectivity index is 1.68. The second-order valence-corrected chi connectivity index (χ2v) is 10.5. The van der Waals surface area contributed by atoms with Crippen molar-refractivity contribution in [3.63, 3.8) is 0 Å². The lowest BCUT2D eigenvalue weighted by molar-refractivity contribution is 0.0938. The van der Waals surface area contributed by atoms with Crippen LogP contribution in [0.25, 0.3) is 0 Å². The van der Waals surface area contributed by atoms with Gasteiger partial charge in [0.1, 0.15) is 0 Å². The standard InChI is InChI=1S/C23H29ClN2O3S/c1-17-12-14-26(15-13-17)30(28,29)20-10-11-22(24)21(16-20)23(27)25-18(2)8-9-19-6-4-3-5-7-19/h3-7,10-11,16-18H,8-9,12-15H2,1-2H3,(H,25,27)/t18-/m1/s1. The highest BCUT2D eigenvalue weighted by Crippen LogP contribution is 2.26. The highest BCUT2D eigenvalue weighted by atomic mass is 35.5. The van der Waals surface area contributed by atoms with Gasteiger partial charge in [0.15, 0.2) is 0 Å². The molecule has 30 heavy (non-hydrogen) atoms. The summed E-state index contributed by atoms with van der Waals surface area (Å²) in [5.41, 5.74) is 1.40. The zero-order valence-corrected chi connectivity index (χ0v) is 19.0. The van der Waals surface area contributed by atoms with E-state index in [4.69, 9.17) is 11.6 Å². The fourth-order valence-corrected chi connectivity index (χ4v) is 5.31. The van der Waals surface area contributed by atoms with Crippen molar-refractivity contribution in [2.24, 2.45) is 5.92 Å². The first-order valence-corrected chi connectivity index (χ1v) is 12.2. The molecule has 0 aliphatic carbocycles. The summed E-state index contributed by atoms with van der Waals surface area (Å²) in [5, 5.41) is 3.18.